The molecule has 0 aliphatic carbocycles. The molecule has 0 saturated carbocycles. The summed E-state index contributed by atoms with van der Waals surface area (Å²) in [5.74, 6) is -2.33. The minimum Gasteiger partial charge on any atom is -0.397 e. The highest BCUT2D eigenvalue weighted by atomic mass is 19.1. The number of pyridine rings is 1. The summed E-state index contributed by atoms with van der Waals surface area (Å²) in [6.07, 6.45) is 1.21. The van der Waals surface area contributed by atoms with E-state index in [1.165, 1.54) is 6.20 Å². The first-order valence-corrected chi connectivity index (χ1v) is 4.44. The zero-order valence-corrected chi connectivity index (χ0v) is 8.05. The number of benzene rings is 1. The first-order valence-electron chi connectivity index (χ1n) is 4.44. The second kappa shape index (κ2) is 3.84. The van der Waals surface area contributed by atoms with Crippen molar-refractivity contribution in [1.29, 1.82) is 0 Å². The summed E-state index contributed by atoms with van der Waals surface area (Å²) in [6.45, 7) is 0. The Morgan fingerprint density at radius 2 is 1.75 bits per heavy atom. The molecule has 2 aromatic rings. The second-order valence-corrected chi connectivity index (χ2v) is 3.22. The van der Waals surface area contributed by atoms with Crippen molar-refractivity contribution in [2.45, 2.75) is 0 Å². The van der Waals surface area contributed by atoms with E-state index < -0.39 is 17.5 Å². The van der Waals surface area contributed by atoms with Crippen LogP contribution in [0.4, 0.5) is 18.9 Å². The van der Waals surface area contributed by atoms with Gasteiger partial charge >= 0.3 is 0 Å². The summed E-state index contributed by atoms with van der Waals surface area (Å²) in [4.78, 5) is 3.68. The molecule has 1 aromatic heterocycles. The molecule has 2 N–H and O–H groups in total. The van der Waals surface area contributed by atoms with Gasteiger partial charge in [0, 0.05) is 17.7 Å². The van der Waals surface area contributed by atoms with Crippen LogP contribution in [0, 0.1) is 17.5 Å². The number of halogens is 3. The lowest BCUT2D eigenvalue weighted by atomic mass is 10.1. The molecule has 0 aliphatic rings. The summed E-state index contributed by atoms with van der Waals surface area (Å²) in [5.41, 5.74) is 5.17. The first-order chi connectivity index (χ1) is 7.58. The number of anilines is 1. The van der Waals surface area contributed by atoms with Gasteiger partial charge in [0.15, 0.2) is 5.82 Å². The van der Waals surface area contributed by atoms with Crippen LogP contribution in [0.25, 0.3) is 11.3 Å². The highest BCUT2D eigenvalue weighted by molar-refractivity contribution is 5.62. The highest BCUT2D eigenvalue weighted by Gasteiger charge is 2.12. The number of hydrogen-bond donors (Lipinski definition) is 1. The molecule has 82 valence electrons. The summed E-state index contributed by atoms with van der Waals surface area (Å²) in [7, 11) is 0. The molecule has 0 radical (unpaired) electrons. The Hall–Kier alpha value is -2.04. The number of nitrogens with zero attached hydrogens (tertiary/aromatic N) is 1. The van der Waals surface area contributed by atoms with Crippen molar-refractivity contribution in [3.05, 3.63) is 47.9 Å². The van der Waals surface area contributed by atoms with E-state index in [1.807, 2.05) is 0 Å². The average molecular weight is 224 g/mol. The smallest absolute Gasteiger partial charge is 0.151 e. The van der Waals surface area contributed by atoms with Crippen molar-refractivity contribution in [3.8, 4) is 11.3 Å². The Morgan fingerprint density at radius 1 is 1.00 bits per heavy atom. The molecule has 0 amide bonds. The van der Waals surface area contributed by atoms with Crippen LogP contribution in [0.15, 0.2) is 30.5 Å². The molecule has 0 unspecified atom stereocenters. The van der Waals surface area contributed by atoms with Crippen LogP contribution in [-0.2, 0) is 0 Å². The molecule has 2 nitrogen and oxygen atoms in total. The molecule has 0 bridgehead atoms. The Morgan fingerprint density at radius 3 is 2.38 bits per heavy atom. The molecule has 0 atom stereocenters. The van der Waals surface area contributed by atoms with Crippen LogP contribution in [0.2, 0.25) is 0 Å². The second-order valence-electron chi connectivity index (χ2n) is 3.22. The maximum absolute atomic E-state index is 13.4. The van der Waals surface area contributed by atoms with Gasteiger partial charge in [-0.2, -0.15) is 0 Å². The van der Waals surface area contributed by atoms with Crippen LogP contribution in [0.3, 0.4) is 0 Å². The van der Waals surface area contributed by atoms with Crippen molar-refractivity contribution in [1.82, 2.24) is 4.98 Å². The van der Waals surface area contributed by atoms with Crippen LogP contribution >= 0.6 is 0 Å². The lowest BCUT2D eigenvalue weighted by Gasteiger charge is -2.04. The van der Waals surface area contributed by atoms with Crippen molar-refractivity contribution < 1.29 is 13.2 Å². The Labute approximate surface area is 89.5 Å². The van der Waals surface area contributed by atoms with Gasteiger partial charge in [0.25, 0.3) is 0 Å². The van der Waals surface area contributed by atoms with Gasteiger partial charge in [-0.25, -0.2) is 13.2 Å². The average Bonchev–Trinajstić information content (AvgIpc) is 2.19. The molecule has 0 spiro atoms. The highest BCUT2D eigenvalue weighted by Crippen LogP contribution is 2.24. The Kier molecular flexibility index (Phi) is 2.52. The lowest BCUT2D eigenvalue weighted by Crippen LogP contribution is -1.95. The monoisotopic (exact) mass is 224 g/mol. The molecule has 0 fully saturated rings. The zero-order valence-electron chi connectivity index (χ0n) is 8.05. The van der Waals surface area contributed by atoms with Crippen molar-refractivity contribution in [2.75, 3.05) is 5.73 Å². The maximum Gasteiger partial charge on any atom is 0.151 e. The number of aromatic nitrogens is 1. The SMILES string of the molecule is Nc1cnc(-c2ccc(F)cc2F)c(F)c1. The van der Waals surface area contributed by atoms with Gasteiger partial charge < -0.3 is 5.73 Å². The largest absolute Gasteiger partial charge is 0.397 e. The van der Waals surface area contributed by atoms with Crippen LogP contribution in [0.1, 0.15) is 0 Å². The molecule has 0 aliphatic heterocycles. The van der Waals surface area contributed by atoms with Gasteiger partial charge in [0.05, 0.1) is 11.9 Å². The van der Waals surface area contributed by atoms with E-state index in [0.29, 0.717) is 6.07 Å². The third kappa shape index (κ3) is 1.84. The van der Waals surface area contributed by atoms with Gasteiger partial charge in [0.2, 0.25) is 0 Å². The van der Waals surface area contributed by atoms with Gasteiger partial charge in [-0.15, -0.1) is 0 Å². The third-order valence-corrected chi connectivity index (χ3v) is 2.05. The van der Waals surface area contributed by atoms with Crippen LogP contribution in [-0.4, -0.2) is 4.98 Å². The molecular formula is C11H7F3N2. The molecular weight excluding hydrogens is 217 g/mol. The lowest BCUT2D eigenvalue weighted by molar-refractivity contribution is 0.581. The van der Waals surface area contributed by atoms with Gasteiger partial charge in [-0.05, 0) is 12.1 Å². The number of rotatable bonds is 1. The van der Waals surface area contributed by atoms with E-state index in [1.54, 1.807) is 0 Å². The van der Waals surface area contributed by atoms with Gasteiger partial charge in [0.1, 0.15) is 17.3 Å². The molecule has 5 heteroatoms. The van der Waals surface area contributed by atoms with E-state index in [2.05, 4.69) is 4.98 Å². The molecule has 1 aromatic carbocycles. The van der Waals surface area contributed by atoms with E-state index >= 15 is 0 Å². The summed E-state index contributed by atoms with van der Waals surface area (Å²) >= 11 is 0. The molecule has 0 saturated heterocycles. The van der Waals surface area contributed by atoms with E-state index in [9.17, 15) is 13.2 Å². The maximum atomic E-state index is 13.4. The fourth-order valence-corrected chi connectivity index (χ4v) is 1.33. The molecule has 2 rings (SSSR count). The van der Waals surface area contributed by atoms with Crippen molar-refractivity contribution in [3.63, 3.8) is 0 Å². The fraction of sp³-hybridized carbons (Fsp3) is 0. The van der Waals surface area contributed by atoms with Gasteiger partial charge in [-0.1, -0.05) is 0 Å². The number of nitrogen functional groups attached to an aromatic ring is 1. The van der Waals surface area contributed by atoms with Gasteiger partial charge in [-0.3, -0.25) is 4.98 Å². The summed E-state index contributed by atoms with van der Waals surface area (Å²) < 4.78 is 39.4. The molecule has 1 heterocycles. The van der Waals surface area contributed by atoms with Crippen molar-refractivity contribution in [2.24, 2.45) is 0 Å². The first kappa shape index (κ1) is 10.5. The zero-order chi connectivity index (χ0) is 11.7. The minimum absolute atomic E-state index is 0.0982. The molecule has 16 heavy (non-hydrogen) atoms. The Bertz CT molecular complexity index is 491. The predicted molar refractivity (Wildman–Crippen MR) is 54.0 cm³/mol. The number of nitrogens with two attached hydrogens (primary N) is 1. The number of hydrogen-bond acceptors (Lipinski definition) is 2. The topological polar surface area (TPSA) is 38.9 Å². The normalized spacial score (nSPS) is 10.4. The summed E-state index contributed by atoms with van der Waals surface area (Å²) in [6, 6.07) is 3.88. The van der Waals surface area contributed by atoms with Crippen LogP contribution in [0.5, 0.6) is 0 Å². The fourth-order valence-electron chi connectivity index (χ4n) is 1.33. The van der Waals surface area contributed by atoms with E-state index in [0.717, 1.165) is 18.2 Å². The summed E-state index contributed by atoms with van der Waals surface area (Å²) in [5, 5.41) is 0. The predicted octanol–water partition coefficient (Wildman–Crippen LogP) is 2.75. The van der Waals surface area contributed by atoms with Crippen molar-refractivity contribution >= 4 is 5.69 Å². The Balaban J connectivity index is 2.59. The standard InChI is InChI=1S/C11H7F3N2/c12-6-1-2-8(9(13)3-6)11-10(14)4-7(15)5-16-11/h1-5H,15H2. The van der Waals surface area contributed by atoms with Crippen LogP contribution < -0.4 is 5.73 Å². The third-order valence-electron chi connectivity index (χ3n) is 2.05. The minimum atomic E-state index is -0.865. The van der Waals surface area contributed by atoms with E-state index in [4.69, 9.17) is 5.73 Å². The quantitative estimate of drug-likeness (QED) is 0.808. The van der Waals surface area contributed by atoms with E-state index in [-0.39, 0.29) is 16.9 Å².